The molecular formula is C15H20FN3O4S. The zero-order chi connectivity index (χ0) is 17.8. The summed E-state index contributed by atoms with van der Waals surface area (Å²) in [5.41, 5.74) is -0.288. The highest BCUT2D eigenvalue weighted by Gasteiger charge is 2.62. The van der Waals surface area contributed by atoms with Crippen LogP contribution >= 0.6 is 11.8 Å². The number of carbonyl (C=O) groups excluding carboxylic acids is 1. The Balaban J connectivity index is 1.83. The van der Waals surface area contributed by atoms with E-state index in [0.29, 0.717) is 18.9 Å². The van der Waals surface area contributed by atoms with Crippen LogP contribution in [0.4, 0.5) is 4.39 Å². The van der Waals surface area contributed by atoms with Gasteiger partial charge in [-0.3, -0.25) is 15.1 Å². The van der Waals surface area contributed by atoms with Gasteiger partial charge in [0.05, 0.1) is 28.8 Å². The second-order valence-corrected chi connectivity index (χ2v) is 7.79. The van der Waals surface area contributed by atoms with Crippen molar-refractivity contribution in [3.8, 4) is 0 Å². The van der Waals surface area contributed by atoms with Crippen LogP contribution in [0.2, 0.25) is 0 Å². The number of amides is 1. The molecule has 132 valence electrons. The first-order chi connectivity index (χ1) is 11.2. The maximum Gasteiger partial charge on any atom is 0.353 e. The van der Waals surface area contributed by atoms with Crippen LogP contribution < -0.4 is 0 Å². The van der Waals surface area contributed by atoms with Gasteiger partial charge in [0.1, 0.15) is 5.70 Å². The smallest absolute Gasteiger partial charge is 0.353 e. The molecule has 1 amide bonds. The third-order valence-electron chi connectivity index (χ3n) is 4.85. The molecule has 24 heavy (non-hydrogen) atoms. The Hall–Kier alpha value is -1.61. The molecule has 3 rings (SSSR count). The van der Waals surface area contributed by atoms with Crippen molar-refractivity contribution < 1.29 is 24.2 Å². The van der Waals surface area contributed by atoms with E-state index in [1.165, 1.54) is 6.92 Å². The van der Waals surface area contributed by atoms with Gasteiger partial charge in [0, 0.05) is 18.3 Å². The quantitative estimate of drug-likeness (QED) is 0.388. The van der Waals surface area contributed by atoms with Crippen LogP contribution in [0.1, 0.15) is 20.3 Å². The molecule has 0 aromatic heterocycles. The number of nitrogens with one attached hydrogen (secondary N) is 1. The Morgan fingerprint density at radius 3 is 2.67 bits per heavy atom. The zero-order valence-electron chi connectivity index (χ0n) is 13.4. The molecule has 2 fully saturated rings. The number of hydrogen-bond acceptors (Lipinski definition) is 5. The van der Waals surface area contributed by atoms with Crippen LogP contribution in [-0.2, 0) is 9.59 Å². The number of halogens is 1. The van der Waals surface area contributed by atoms with Gasteiger partial charge in [-0.1, -0.05) is 0 Å². The predicted molar refractivity (Wildman–Crippen MR) is 86.3 cm³/mol. The number of likely N-dealkylation sites (tertiary alicyclic amines) is 1. The summed E-state index contributed by atoms with van der Waals surface area (Å²) in [7, 11) is 0. The molecule has 0 aromatic carbocycles. The maximum atomic E-state index is 14.9. The fourth-order valence-corrected chi connectivity index (χ4v) is 5.04. The summed E-state index contributed by atoms with van der Waals surface area (Å²) in [6.07, 6.45) is -1.88. The Labute approximate surface area is 143 Å². The maximum absolute atomic E-state index is 14.9. The molecule has 0 radical (unpaired) electrons. The summed E-state index contributed by atoms with van der Waals surface area (Å²) >= 11 is 1.15. The fraction of sp³-hybridized carbons (Fsp3) is 0.667. The minimum absolute atomic E-state index is 0.0216. The van der Waals surface area contributed by atoms with E-state index in [1.807, 2.05) is 4.90 Å². The van der Waals surface area contributed by atoms with E-state index < -0.39 is 36.1 Å². The number of nitrogens with zero attached hydrogens (tertiary/aromatic N) is 2. The lowest BCUT2D eigenvalue weighted by Gasteiger charge is -2.45. The third kappa shape index (κ3) is 2.50. The van der Waals surface area contributed by atoms with Gasteiger partial charge in [-0.2, -0.15) is 0 Å². The molecule has 0 saturated carbocycles. The average Bonchev–Trinajstić information content (AvgIpc) is 3.03. The number of hydrogen-bond donors (Lipinski definition) is 3. The molecule has 3 aliphatic heterocycles. The Kier molecular flexibility index (Phi) is 4.33. The van der Waals surface area contributed by atoms with Crippen LogP contribution in [0.3, 0.4) is 0 Å². The zero-order valence-corrected chi connectivity index (χ0v) is 14.2. The number of amidine groups is 1. The molecule has 5 atom stereocenters. The topological polar surface area (TPSA) is 105 Å². The molecule has 0 bridgehead atoms. The number of alkyl halides is 1. The molecule has 0 aromatic rings. The number of rotatable bonds is 4. The highest BCUT2D eigenvalue weighted by Crippen LogP contribution is 2.50. The standard InChI is InChI=1S/C15H20FN3O4S/c1-6(20)9-11-10(16)13(12(15(22)23)19(11)14(9)21)24-8-3-4-18(5-8)7(2)17/h6,8-11,17,20H,3-5H2,1-2H3,(H,22,23)/t6?,8?,9?,10?,11-/m0/s1. The number of β-lactam (4-membered cyclic amide) rings is 1. The fourth-order valence-electron chi connectivity index (χ4n) is 3.64. The molecular weight excluding hydrogens is 337 g/mol. The van der Waals surface area contributed by atoms with Gasteiger partial charge >= 0.3 is 5.97 Å². The highest BCUT2D eigenvalue weighted by atomic mass is 32.2. The van der Waals surface area contributed by atoms with Crippen LogP contribution in [0.15, 0.2) is 10.6 Å². The SMILES string of the molecule is CC(=N)N1CCC(SC2=C(C(=O)O)N3C(=O)C(C(C)O)[C@H]3C2F)C1. The van der Waals surface area contributed by atoms with E-state index in [9.17, 15) is 24.2 Å². The van der Waals surface area contributed by atoms with Crippen molar-refractivity contribution in [1.82, 2.24) is 9.80 Å². The largest absolute Gasteiger partial charge is 0.477 e. The molecule has 3 aliphatic rings. The van der Waals surface area contributed by atoms with Gasteiger partial charge in [-0.05, 0) is 20.3 Å². The second-order valence-electron chi connectivity index (χ2n) is 6.44. The van der Waals surface area contributed by atoms with E-state index in [4.69, 9.17) is 5.41 Å². The first kappa shape index (κ1) is 17.2. The van der Waals surface area contributed by atoms with E-state index >= 15 is 0 Å². The van der Waals surface area contributed by atoms with Crippen molar-refractivity contribution in [2.24, 2.45) is 5.92 Å². The van der Waals surface area contributed by atoms with Gasteiger partial charge in [0.25, 0.3) is 0 Å². The van der Waals surface area contributed by atoms with Crippen molar-refractivity contribution in [3.63, 3.8) is 0 Å². The average molecular weight is 357 g/mol. The van der Waals surface area contributed by atoms with Crippen molar-refractivity contribution in [3.05, 3.63) is 10.6 Å². The summed E-state index contributed by atoms with van der Waals surface area (Å²) < 4.78 is 14.9. The second kappa shape index (κ2) is 6.03. The number of aliphatic hydroxyl groups is 1. The van der Waals surface area contributed by atoms with Crippen LogP contribution in [0.25, 0.3) is 0 Å². The van der Waals surface area contributed by atoms with Gasteiger partial charge in [-0.15, -0.1) is 11.8 Å². The van der Waals surface area contributed by atoms with Gasteiger partial charge in [0.2, 0.25) is 5.91 Å². The number of carboxylic acid groups (broad SMARTS) is 1. The number of carbonyl (C=O) groups is 2. The van der Waals surface area contributed by atoms with Crippen LogP contribution in [-0.4, -0.2) is 74.4 Å². The van der Waals surface area contributed by atoms with Crippen molar-refractivity contribution in [2.45, 2.75) is 43.8 Å². The monoisotopic (exact) mass is 357 g/mol. The summed E-state index contributed by atoms with van der Waals surface area (Å²) in [4.78, 5) is 26.6. The first-order valence-corrected chi connectivity index (χ1v) is 8.71. The Morgan fingerprint density at radius 2 is 2.17 bits per heavy atom. The molecule has 4 unspecified atom stereocenters. The summed E-state index contributed by atoms with van der Waals surface area (Å²) in [6, 6.07) is -0.923. The molecule has 2 saturated heterocycles. The van der Waals surface area contributed by atoms with E-state index in [2.05, 4.69) is 0 Å². The van der Waals surface area contributed by atoms with E-state index in [0.717, 1.165) is 23.1 Å². The molecule has 3 N–H and O–H groups in total. The number of aliphatic carboxylic acids is 1. The summed E-state index contributed by atoms with van der Waals surface area (Å²) in [6.45, 7) is 4.34. The highest BCUT2D eigenvalue weighted by molar-refractivity contribution is 8.03. The van der Waals surface area contributed by atoms with Crippen molar-refractivity contribution in [2.75, 3.05) is 13.1 Å². The van der Waals surface area contributed by atoms with Gasteiger partial charge in [0.15, 0.2) is 6.17 Å². The molecule has 9 heteroatoms. The summed E-state index contributed by atoms with van der Waals surface area (Å²) in [5.74, 6) is -2.31. The number of fused-ring (bicyclic) bond motifs is 1. The Morgan fingerprint density at radius 1 is 1.50 bits per heavy atom. The summed E-state index contributed by atoms with van der Waals surface area (Å²) in [5, 5.41) is 26.7. The van der Waals surface area contributed by atoms with Gasteiger partial charge in [-0.25, -0.2) is 9.18 Å². The lowest BCUT2D eigenvalue weighted by molar-refractivity contribution is -0.163. The molecule has 7 nitrogen and oxygen atoms in total. The molecule has 0 aliphatic carbocycles. The van der Waals surface area contributed by atoms with Gasteiger partial charge < -0.3 is 15.1 Å². The number of carboxylic acids is 1. The first-order valence-electron chi connectivity index (χ1n) is 7.83. The lowest BCUT2D eigenvalue weighted by atomic mass is 9.83. The normalized spacial score (nSPS) is 33.6. The molecule has 3 heterocycles. The minimum atomic E-state index is -1.59. The Bertz CT molecular complexity index is 638. The van der Waals surface area contributed by atoms with Crippen LogP contribution in [0.5, 0.6) is 0 Å². The number of thioether (sulfide) groups is 1. The predicted octanol–water partition coefficient (Wildman–Crippen LogP) is 0.647. The number of aliphatic hydroxyl groups excluding tert-OH is 1. The minimum Gasteiger partial charge on any atom is -0.477 e. The van der Waals surface area contributed by atoms with E-state index in [-0.39, 0.29) is 15.9 Å². The van der Waals surface area contributed by atoms with Crippen molar-refractivity contribution in [1.29, 1.82) is 5.41 Å². The molecule has 0 spiro atoms. The lowest BCUT2D eigenvalue weighted by Crippen LogP contribution is -2.64. The third-order valence-corrected chi connectivity index (χ3v) is 6.24. The van der Waals surface area contributed by atoms with Crippen LogP contribution in [0, 0.1) is 11.3 Å². The van der Waals surface area contributed by atoms with Crippen molar-refractivity contribution >= 4 is 29.5 Å². The van der Waals surface area contributed by atoms with E-state index in [1.54, 1.807) is 6.92 Å².